The van der Waals surface area contributed by atoms with Crippen LogP contribution in [0, 0.1) is 11.7 Å². The Hall–Kier alpha value is -3.19. The molecule has 2 heterocycles. The Morgan fingerprint density at radius 3 is 2.77 bits per heavy atom. The van der Waals surface area contributed by atoms with E-state index in [0.29, 0.717) is 22.1 Å². The molecule has 1 aromatic heterocycles. The maximum atomic E-state index is 13.8. The summed E-state index contributed by atoms with van der Waals surface area (Å²) in [4.78, 5) is 31.5. The van der Waals surface area contributed by atoms with E-state index < -0.39 is 17.8 Å². The maximum Gasteiger partial charge on any atom is 0.227 e. The lowest BCUT2D eigenvalue weighted by atomic mass is 10.0. The fourth-order valence-corrected chi connectivity index (χ4v) is 3.86. The van der Waals surface area contributed by atoms with Gasteiger partial charge in [-0.3, -0.25) is 9.59 Å². The largest absolute Gasteiger partial charge is 0.342 e. The van der Waals surface area contributed by atoms with Crippen molar-refractivity contribution in [3.8, 4) is 0 Å². The Morgan fingerprint density at radius 1 is 1.27 bits per heavy atom. The van der Waals surface area contributed by atoms with Crippen molar-refractivity contribution in [2.45, 2.75) is 12.5 Å². The Kier molecular flexibility index (Phi) is 5.55. The Morgan fingerprint density at radius 2 is 2.07 bits per heavy atom. The van der Waals surface area contributed by atoms with E-state index in [-0.39, 0.29) is 24.8 Å². The van der Waals surface area contributed by atoms with Crippen LogP contribution in [0.1, 0.15) is 23.9 Å². The fraction of sp³-hybridized carbons (Fsp3) is 0.227. The number of benzene rings is 2. The Bertz CT molecular complexity index is 1100. The number of rotatable bonds is 5. The monoisotopic (exact) mass is 426 g/mol. The second kappa shape index (κ2) is 8.28. The first-order valence-corrected chi connectivity index (χ1v) is 9.89. The highest BCUT2D eigenvalue weighted by molar-refractivity contribution is 6.31. The molecule has 4 rings (SSSR count). The summed E-state index contributed by atoms with van der Waals surface area (Å²) in [6.45, 7) is 0.251. The third-order valence-corrected chi connectivity index (χ3v) is 5.44. The smallest absolute Gasteiger partial charge is 0.227 e. The molecule has 8 heteroatoms. The normalized spacial score (nSPS) is 17.2. The summed E-state index contributed by atoms with van der Waals surface area (Å²) >= 11 is 6.03. The average Bonchev–Trinajstić information content (AvgIpc) is 3.31. The number of nitrogens with one attached hydrogen (secondary N) is 1. The lowest BCUT2D eigenvalue weighted by Gasteiger charge is -2.21. The summed E-state index contributed by atoms with van der Waals surface area (Å²) in [5.41, 5.74) is 1.24. The van der Waals surface area contributed by atoms with Crippen LogP contribution in [0.2, 0.25) is 5.02 Å². The van der Waals surface area contributed by atoms with Gasteiger partial charge in [0.05, 0.1) is 5.92 Å². The van der Waals surface area contributed by atoms with Crippen molar-refractivity contribution >= 4 is 29.1 Å². The molecule has 0 spiro atoms. The number of carbonyl (C=O) groups is 2. The van der Waals surface area contributed by atoms with Crippen LogP contribution in [-0.4, -0.2) is 27.9 Å². The molecule has 1 aliphatic rings. The van der Waals surface area contributed by atoms with Crippen molar-refractivity contribution in [3.63, 3.8) is 0 Å². The molecule has 2 amide bonds. The van der Waals surface area contributed by atoms with Crippen molar-refractivity contribution in [1.29, 1.82) is 0 Å². The van der Waals surface area contributed by atoms with E-state index in [1.54, 1.807) is 65.3 Å². The number of aryl methyl sites for hydroxylation is 1. The van der Waals surface area contributed by atoms with E-state index in [9.17, 15) is 14.0 Å². The molecule has 1 saturated heterocycles. The van der Waals surface area contributed by atoms with E-state index in [4.69, 9.17) is 11.6 Å². The zero-order valence-electron chi connectivity index (χ0n) is 16.3. The minimum absolute atomic E-state index is 0.0920. The zero-order chi connectivity index (χ0) is 21.3. The third-order valence-electron chi connectivity index (χ3n) is 5.20. The van der Waals surface area contributed by atoms with Crippen molar-refractivity contribution in [2.24, 2.45) is 13.0 Å². The number of carbonyl (C=O) groups excluding carboxylic acids is 2. The van der Waals surface area contributed by atoms with Gasteiger partial charge in [-0.1, -0.05) is 29.8 Å². The highest BCUT2D eigenvalue weighted by atomic mass is 35.5. The van der Waals surface area contributed by atoms with Gasteiger partial charge in [-0.15, -0.1) is 0 Å². The zero-order valence-corrected chi connectivity index (χ0v) is 17.0. The van der Waals surface area contributed by atoms with Crippen LogP contribution in [0.5, 0.6) is 0 Å². The summed E-state index contributed by atoms with van der Waals surface area (Å²) in [5.74, 6) is -0.788. The van der Waals surface area contributed by atoms with Crippen LogP contribution in [0.25, 0.3) is 0 Å². The minimum Gasteiger partial charge on any atom is -0.342 e. The molecule has 0 unspecified atom stereocenters. The van der Waals surface area contributed by atoms with Crippen LogP contribution in [-0.2, 0) is 16.6 Å². The third kappa shape index (κ3) is 4.07. The molecule has 0 aliphatic carbocycles. The van der Waals surface area contributed by atoms with E-state index in [1.807, 2.05) is 0 Å². The van der Waals surface area contributed by atoms with Crippen LogP contribution in [0.3, 0.4) is 0 Å². The first kappa shape index (κ1) is 20.1. The molecule has 154 valence electrons. The molecule has 6 nitrogen and oxygen atoms in total. The number of halogens is 2. The Balaban J connectivity index is 1.56. The highest BCUT2D eigenvalue weighted by Crippen LogP contribution is 2.28. The Labute approximate surface area is 178 Å². The van der Waals surface area contributed by atoms with Gasteiger partial charge in [-0.25, -0.2) is 9.37 Å². The van der Waals surface area contributed by atoms with Crippen LogP contribution < -0.4 is 10.2 Å². The predicted molar refractivity (Wildman–Crippen MR) is 112 cm³/mol. The number of hydrogen-bond donors (Lipinski definition) is 1. The summed E-state index contributed by atoms with van der Waals surface area (Å²) in [5, 5.41) is 3.48. The summed E-state index contributed by atoms with van der Waals surface area (Å²) < 4.78 is 15.6. The van der Waals surface area contributed by atoms with Crippen LogP contribution in [0.4, 0.5) is 10.1 Å². The number of imidazole rings is 1. The number of anilines is 1. The van der Waals surface area contributed by atoms with Gasteiger partial charge in [0.1, 0.15) is 17.7 Å². The molecule has 1 aliphatic heterocycles. The molecule has 3 aromatic rings. The number of amides is 2. The van der Waals surface area contributed by atoms with E-state index >= 15 is 0 Å². The quantitative estimate of drug-likeness (QED) is 0.679. The summed E-state index contributed by atoms with van der Waals surface area (Å²) in [7, 11) is 1.81. The van der Waals surface area contributed by atoms with Crippen molar-refractivity contribution in [2.75, 3.05) is 11.4 Å². The van der Waals surface area contributed by atoms with Crippen LogP contribution >= 0.6 is 11.6 Å². The molecular weight excluding hydrogens is 407 g/mol. The molecule has 2 aromatic carbocycles. The molecule has 0 radical (unpaired) electrons. The summed E-state index contributed by atoms with van der Waals surface area (Å²) in [6, 6.07) is 12.4. The molecule has 1 fully saturated rings. The molecule has 1 N–H and O–H groups in total. The highest BCUT2D eigenvalue weighted by Gasteiger charge is 2.36. The van der Waals surface area contributed by atoms with Gasteiger partial charge in [-0.2, -0.15) is 0 Å². The SMILES string of the molecule is Cn1ccnc1[C@@H](NC(=O)[C@H]1CC(=O)N(c2cccc(Cl)c2)C1)c1cccc(F)c1. The predicted octanol–water partition coefficient (Wildman–Crippen LogP) is 3.47. The van der Waals surface area contributed by atoms with E-state index in [0.717, 1.165) is 0 Å². The van der Waals surface area contributed by atoms with E-state index in [1.165, 1.54) is 12.1 Å². The number of hydrogen-bond acceptors (Lipinski definition) is 3. The van der Waals surface area contributed by atoms with Gasteiger partial charge in [0.15, 0.2) is 0 Å². The van der Waals surface area contributed by atoms with Gasteiger partial charge in [-0.05, 0) is 35.9 Å². The second-order valence-electron chi connectivity index (χ2n) is 7.28. The number of nitrogens with zero attached hydrogens (tertiary/aromatic N) is 3. The molecule has 0 saturated carbocycles. The fourth-order valence-electron chi connectivity index (χ4n) is 3.68. The topological polar surface area (TPSA) is 67.2 Å². The molecule has 30 heavy (non-hydrogen) atoms. The maximum absolute atomic E-state index is 13.8. The summed E-state index contributed by atoms with van der Waals surface area (Å²) in [6.07, 6.45) is 3.47. The van der Waals surface area contributed by atoms with Crippen LogP contribution in [0.15, 0.2) is 60.9 Å². The van der Waals surface area contributed by atoms with Gasteiger partial charge in [0.25, 0.3) is 0 Å². The van der Waals surface area contributed by atoms with Gasteiger partial charge < -0.3 is 14.8 Å². The lowest BCUT2D eigenvalue weighted by Crippen LogP contribution is -2.37. The first-order chi connectivity index (χ1) is 14.4. The minimum atomic E-state index is -0.636. The number of aromatic nitrogens is 2. The lowest BCUT2D eigenvalue weighted by molar-refractivity contribution is -0.126. The molecule has 2 atom stereocenters. The average molecular weight is 427 g/mol. The van der Waals surface area contributed by atoms with Gasteiger partial charge >= 0.3 is 0 Å². The van der Waals surface area contributed by atoms with Gasteiger partial charge in [0, 0.05) is 43.1 Å². The molecule has 0 bridgehead atoms. The van der Waals surface area contributed by atoms with Crippen molar-refractivity contribution < 1.29 is 14.0 Å². The van der Waals surface area contributed by atoms with E-state index in [2.05, 4.69) is 10.3 Å². The van der Waals surface area contributed by atoms with Gasteiger partial charge in [0.2, 0.25) is 11.8 Å². The standard InChI is InChI=1S/C22H20ClFN4O2/c1-27-9-8-25-21(27)20(14-4-2-6-17(24)10-14)26-22(30)15-11-19(29)28(13-15)18-7-3-5-16(23)12-18/h2-10,12,15,20H,11,13H2,1H3,(H,26,30)/t15-,20-/m0/s1. The van der Waals surface area contributed by atoms with Crippen molar-refractivity contribution in [3.05, 3.63) is 83.2 Å². The van der Waals surface area contributed by atoms with Crippen molar-refractivity contribution in [1.82, 2.24) is 14.9 Å². The second-order valence-corrected chi connectivity index (χ2v) is 7.71. The molecular formula is C22H20ClFN4O2. The first-order valence-electron chi connectivity index (χ1n) is 9.51.